The summed E-state index contributed by atoms with van der Waals surface area (Å²) in [6.07, 6.45) is 3.48. The lowest BCUT2D eigenvalue weighted by atomic mass is 10.1. The molecule has 124 valence electrons. The number of nitrogens with one attached hydrogen (secondary N) is 1. The number of thiocarbonyl (C=S) groups is 1. The van der Waals surface area contributed by atoms with Crippen LogP contribution in [0.15, 0.2) is 53.4 Å². The largest absolute Gasteiger partial charge is 0.332 e. The standard InChI is InChI=1S/C19H20N2OS2/c1-2-3-6-14-9-11-15(12-10-14)20-19(23)21-16-7-4-5-8-17(16)24-13-18(21)22/h4-5,7-12H,2-3,6,13H2,1H3,(H,20,23). The first kappa shape index (κ1) is 17.0. The highest BCUT2D eigenvalue weighted by Crippen LogP contribution is 2.35. The smallest absolute Gasteiger partial charge is 0.243 e. The van der Waals surface area contributed by atoms with E-state index in [9.17, 15) is 4.79 Å². The Morgan fingerprint density at radius 3 is 2.71 bits per heavy atom. The Kier molecular flexibility index (Phi) is 5.53. The van der Waals surface area contributed by atoms with E-state index in [-0.39, 0.29) is 5.91 Å². The molecule has 0 radical (unpaired) electrons. The van der Waals surface area contributed by atoms with Gasteiger partial charge in [0.15, 0.2) is 5.11 Å². The zero-order valence-corrected chi connectivity index (χ0v) is 15.3. The van der Waals surface area contributed by atoms with Gasteiger partial charge < -0.3 is 5.32 Å². The van der Waals surface area contributed by atoms with Gasteiger partial charge in [0.25, 0.3) is 0 Å². The summed E-state index contributed by atoms with van der Waals surface area (Å²) >= 11 is 7.05. The number of benzene rings is 2. The van der Waals surface area contributed by atoms with Crippen LogP contribution in [0, 0.1) is 0 Å². The van der Waals surface area contributed by atoms with Crippen LogP contribution < -0.4 is 10.2 Å². The molecule has 0 aliphatic carbocycles. The van der Waals surface area contributed by atoms with E-state index in [0.29, 0.717) is 10.9 Å². The van der Waals surface area contributed by atoms with Crippen LogP contribution in [0.1, 0.15) is 25.3 Å². The molecule has 5 heteroatoms. The number of amides is 1. The van der Waals surface area contributed by atoms with Crippen LogP contribution in [-0.4, -0.2) is 16.8 Å². The number of rotatable bonds is 4. The molecular weight excluding hydrogens is 336 g/mol. The third kappa shape index (κ3) is 3.79. The Bertz CT molecular complexity index is 743. The zero-order valence-electron chi connectivity index (χ0n) is 13.6. The van der Waals surface area contributed by atoms with Crippen LogP contribution in [0.3, 0.4) is 0 Å². The number of carbonyl (C=O) groups excluding carboxylic acids is 1. The van der Waals surface area contributed by atoms with Crippen molar-refractivity contribution in [2.45, 2.75) is 31.1 Å². The maximum absolute atomic E-state index is 12.3. The third-order valence-electron chi connectivity index (χ3n) is 3.93. The molecular formula is C19H20N2OS2. The fourth-order valence-electron chi connectivity index (χ4n) is 2.64. The molecule has 0 aromatic heterocycles. The Hall–Kier alpha value is -1.85. The number of carbonyl (C=O) groups is 1. The lowest BCUT2D eigenvalue weighted by Crippen LogP contribution is -2.43. The quantitative estimate of drug-likeness (QED) is 0.793. The van der Waals surface area contributed by atoms with Gasteiger partial charge in [-0.1, -0.05) is 37.6 Å². The number of nitrogens with zero attached hydrogens (tertiary/aromatic N) is 1. The Morgan fingerprint density at radius 2 is 1.96 bits per heavy atom. The van der Waals surface area contributed by atoms with Gasteiger partial charge in [-0.05, 0) is 54.9 Å². The maximum atomic E-state index is 12.3. The summed E-state index contributed by atoms with van der Waals surface area (Å²) in [5.74, 6) is 0.421. The fourth-order valence-corrected chi connectivity index (χ4v) is 3.85. The Balaban J connectivity index is 1.74. The van der Waals surface area contributed by atoms with Gasteiger partial charge in [0.1, 0.15) is 0 Å². The monoisotopic (exact) mass is 356 g/mol. The fraction of sp³-hybridized carbons (Fsp3) is 0.263. The molecule has 2 aromatic rings. The number of hydrogen-bond acceptors (Lipinski definition) is 3. The molecule has 0 fully saturated rings. The molecule has 24 heavy (non-hydrogen) atoms. The highest BCUT2D eigenvalue weighted by atomic mass is 32.2. The molecule has 1 amide bonds. The van der Waals surface area contributed by atoms with Crippen molar-refractivity contribution >= 4 is 46.4 Å². The summed E-state index contributed by atoms with van der Waals surface area (Å²) in [4.78, 5) is 15.0. The van der Waals surface area contributed by atoms with Crippen LogP contribution in [-0.2, 0) is 11.2 Å². The minimum atomic E-state index is 0.00997. The molecule has 0 atom stereocenters. The highest BCUT2D eigenvalue weighted by Gasteiger charge is 2.27. The van der Waals surface area contributed by atoms with E-state index in [4.69, 9.17) is 12.2 Å². The van der Waals surface area contributed by atoms with Crippen LogP contribution in [0.5, 0.6) is 0 Å². The molecule has 2 aromatic carbocycles. The topological polar surface area (TPSA) is 32.3 Å². The zero-order chi connectivity index (χ0) is 16.9. The summed E-state index contributed by atoms with van der Waals surface area (Å²) in [5.41, 5.74) is 3.09. The van der Waals surface area contributed by atoms with Crippen molar-refractivity contribution < 1.29 is 4.79 Å². The van der Waals surface area contributed by atoms with Crippen molar-refractivity contribution in [3.63, 3.8) is 0 Å². The number of unbranched alkanes of at least 4 members (excludes halogenated alkanes) is 1. The minimum Gasteiger partial charge on any atom is -0.332 e. The second-order valence-electron chi connectivity index (χ2n) is 5.72. The number of hydrogen-bond donors (Lipinski definition) is 1. The van der Waals surface area contributed by atoms with Gasteiger partial charge in [0, 0.05) is 10.6 Å². The summed E-state index contributed by atoms with van der Waals surface area (Å²) in [5, 5.41) is 3.62. The number of anilines is 2. The molecule has 1 aliphatic heterocycles. The van der Waals surface area contributed by atoms with Gasteiger partial charge in [0.2, 0.25) is 5.91 Å². The first-order valence-electron chi connectivity index (χ1n) is 8.13. The minimum absolute atomic E-state index is 0.00997. The first-order valence-corrected chi connectivity index (χ1v) is 9.53. The van der Waals surface area contributed by atoms with Crippen LogP contribution in [0.2, 0.25) is 0 Å². The molecule has 3 nitrogen and oxygen atoms in total. The van der Waals surface area contributed by atoms with Gasteiger partial charge in [-0.3, -0.25) is 9.69 Å². The number of fused-ring (bicyclic) bond motifs is 1. The lowest BCUT2D eigenvalue weighted by molar-refractivity contribution is -0.115. The summed E-state index contributed by atoms with van der Waals surface area (Å²) in [6.45, 7) is 2.19. The highest BCUT2D eigenvalue weighted by molar-refractivity contribution is 8.00. The lowest BCUT2D eigenvalue weighted by Gasteiger charge is -2.29. The molecule has 0 saturated heterocycles. The summed E-state index contributed by atoms with van der Waals surface area (Å²) in [7, 11) is 0. The number of aryl methyl sites for hydroxylation is 1. The van der Waals surface area contributed by atoms with Crippen LogP contribution in [0.4, 0.5) is 11.4 Å². The van der Waals surface area contributed by atoms with Crippen molar-refractivity contribution in [2.24, 2.45) is 0 Å². The Morgan fingerprint density at radius 1 is 1.21 bits per heavy atom. The second-order valence-corrected chi connectivity index (χ2v) is 7.12. The van der Waals surface area contributed by atoms with Gasteiger partial charge >= 0.3 is 0 Å². The summed E-state index contributed by atoms with van der Waals surface area (Å²) < 4.78 is 0. The molecule has 0 bridgehead atoms. The van der Waals surface area contributed by atoms with Crippen LogP contribution in [0.25, 0.3) is 0 Å². The van der Waals surface area contributed by atoms with Crippen molar-refractivity contribution in [3.05, 3.63) is 54.1 Å². The van der Waals surface area contributed by atoms with Crippen molar-refractivity contribution in [1.82, 2.24) is 0 Å². The predicted octanol–water partition coefficient (Wildman–Crippen LogP) is 4.86. The molecule has 1 aliphatic rings. The normalized spacial score (nSPS) is 13.5. The Labute approximate surface area is 152 Å². The van der Waals surface area contributed by atoms with E-state index in [0.717, 1.165) is 22.7 Å². The molecule has 0 saturated carbocycles. The van der Waals surface area contributed by atoms with Crippen LogP contribution >= 0.6 is 24.0 Å². The molecule has 1 heterocycles. The second kappa shape index (κ2) is 7.81. The van der Waals surface area contributed by atoms with Gasteiger partial charge in [-0.25, -0.2) is 0 Å². The van der Waals surface area contributed by atoms with E-state index < -0.39 is 0 Å². The van der Waals surface area contributed by atoms with Crippen molar-refractivity contribution in [2.75, 3.05) is 16.0 Å². The van der Waals surface area contributed by atoms with Gasteiger partial charge in [-0.15, -0.1) is 11.8 Å². The molecule has 1 N–H and O–H groups in total. The SMILES string of the molecule is CCCCc1ccc(NC(=S)N2C(=O)CSc3ccccc32)cc1. The van der Waals surface area contributed by atoms with Crippen molar-refractivity contribution in [1.29, 1.82) is 0 Å². The van der Waals surface area contributed by atoms with E-state index in [1.807, 2.05) is 36.4 Å². The third-order valence-corrected chi connectivity index (χ3v) is 5.27. The van der Waals surface area contributed by atoms with Crippen molar-refractivity contribution in [3.8, 4) is 0 Å². The van der Waals surface area contributed by atoms with Gasteiger partial charge in [0.05, 0.1) is 11.4 Å². The molecule has 3 rings (SSSR count). The molecule has 0 spiro atoms. The van der Waals surface area contributed by atoms with Gasteiger partial charge in [-0.2, -0.15) is 0 Å². The average Bonchev–Trinajstić information content (AvgIpc) is 2.61. The number of para-hydroxylation sites is 1. The maximum Gasteiger partial charge on any atom is 0.243 e. The summed E-state index contributed by atoms with van der Waals surface area (Å²) in [6, 6.07) is 16.1. The number of thioether (sulfide) groups is 1. The molecule has 0 unspecified atom stereocenters. The van der Waals surface area contributed by atoms with E-state index in [1.165, 1.54) is 18.4 Å². The first-order chi connectivity index (χ1) is 11.7. The predicted molar refractivity (Wildman–Crippen MR) is 106 cm³/mol. The van der Waals surface area contributed by atoms with E-state index >= 15 is 0 Å². The van der Waals surface area contributed by atoms with E-state index in [1.54, 1.807) is 16.7 Å². The average molecular weight is 357 g/mol. The van der Waals surface area contributed by atoms with E-state index in [2.05, 4.69) is 24.4 Å².